The SMILES string of the molecule is CC(C)=CCCC(C)=CCCC(C)=CCCC(C)=CCO[Si](C)(C)C(C)(C)C. The summed E-state index contributed by atoms with van der Waals surface area (Å²) in [5.74, 6) is 0. The molecule has 0 saturated heterocycles. The summed E-state index contributed by atoms with van der Waals surface area (Å²) in [4.78, 5) is 0. The molecule has 0 aliphatic rings. The van der Waals surface area contributed by atoms with Crippen LogP contribution in [-0.4, -0.2) is 14.9 Å². The maximum Gasteiger partial charge on any atom is 0.192 e. The normalized spacial score (nSPS) is 14.4. The first kappa shape index (κ1) is 27.1. The van der Waals surface area contributed by atoms with Crippen molar-refractivity contribution in [3.05, 3.63) is 46.6 Å². The van der Waals surface area contributed by atoms with E-state index < -0.39 is 8.32 Å². The molecule has 0 bridgehead atoms. The lowest BCUT2D eigenvalue weighted by Crippen LogP contribution is -2.40. The largest absolute Gasteiger partial charge is 0.413 e. The Bertz CT molecular complexity index is 564. The maximum absolute atomic E-state index is 6.25. The molecule has 0 aliphatic heterocycles. The minimum atomic E-state index is -1.62. The van der Waals surface area contributed by atoms with Gasteiger partial charge in [0.15, 0.2) is 8.32 Å². The molecule has 0 radical (unpaired) electrons. The van der Waals surface area contributed by atoms with Crippen LogP contribution in [0.2, 0.25) is 18.1 Å². The van der Waals surface area contributed by atoms with Gasteiger partial charge in [-0.2, -0.15) is 0 Å². The second kappa shape index (κ2) is 13.4. The summed E-state index contributed by atoms with van der Waals surface area (Å²) in [5.41, 5.74) is 5.89. The summed E-state index contributed by atoms with van der Waals surface area (Å²) < 4.78 is 6.25. The van der Waals surface area contributed by atoms with Crippen molar-refractivity contribution in [1.82, 2.24) is 0 Å². The van der Waals surface area contributed by atoms with E-state index >= 15 is 0 Å². The number of hydrogen-bond donors (Lipinski definition) is 0. The molecule has 0 atom stereocenters. The van der Waals surface area contributed by atoms with E-state index in [0.29, 0.717) is 0 Å². The fourth-order valence-electron chi connectivity index (χ4n) is 2.60. The van der Waals surface area contributed by atoms with Gasteiger partial charge in [0.25, 0.3) is 0 Å². The van der Waals surface area contributed by atoms with Crippen LogP contribution in [0.4, 0.5) is 0 Å². The molecule has 0 aromatic carbocycles. The minimum Gasteiger partial charge on any atom is -0.413 e. The van der Waals surface area contributed by atoms with Gasteiger partial charge in [0.2, 0.25) is 0 Å². The molecule has 0 fully saturated rings. The third kappa shape index (κ3) is 13.3. The molecular formula is C26H48OSi. The van der Waals surface area contributed by atoms with Gasteiger partial charge in [0.1, 0.15) is 0 Å². The summed E-state index contributed by atoms with van der Waals surface area (Å²) in [5, 5.41) is 0.285. The zero-order valence-corrected chi connectivity index (χ0v) is 21.7. The standard InChI is InChI=1S/C26H48OSi/c1-22(2)14-11-15-23(3)16-12-17-24(4)18-13-19-25(5)20-21-27-28(9,10)26(6,7)8/h14,16,18,20H,11-13,15,17,19,21H2,1-10H3. The molecule has 1 nitrogen and oxygen atoms in total. The van der Waals surface area contributed by atoms with Gasteiger partial charge in [-0.1, -0.05) is 67.4 Å². The van der Waals surface area contributed by atoms with Gasteiger partial charge < -0.3 is 4.43 Å². The predicted molar refractivity (Wildman–Crippen MR) is 132 cm³/mol. The average Bonchev–Trinajstić information content (AvgIpc) is 2.53. The first-order valence-electron chi connectivity index (χ1n) is 11.1. The van der Waals surface area contributed by atoms with Crippen molar-refractivity contribution in [1.29, 1.82) is 0 Å². The quantitative estimate of drug-likeness (QED) is 0.233. The van der Waals surface area contributed by atoms with Crippen LogP contribution in [0.25, 0.3) is 0 Å². The van der Waals surface area contributed by atoms with E-state index in [-0.39, 0.29) is 5.04 Å². The summed E-state index contributed by atoms with van der Waals surface area (Å²) in [6, 6.07) is 0. The van der Waals surface area contributed by atoms with Gasteiger partial charge in [-0.05, 0) is 91.3 Å². The molecule has 2 heteroatoms. The predicted octanol–water partition coefficient (Wildman–Crippen LogP) is 9.15. The highest BCUT2D eigenvalue weighted by molar-refractivity contribution is 6.74. The van der Waals surface area contributed by atoms with Gasteiger partial charge in [0, 0.05) is 0 Å². The summed E-state index contributed by atoms with van der Waals surface area (Å²) >= 11 is 0. The fourth-order valence-corrected chi connectivity index (χ4v) is 3.53. The molecule has 0 aromatic rings. The van der Waals surface area contributed by atoms with Crippen molar-refractivity contribution in [2.24, 2.45) is 0 Å². The van der Waals surface area contributed by atoms with E-state index in [2.05, 4.69) is 92.8 Å². The molecule has 0 rings (SSSR count). The van der Waals surface area contributed by atoms with Crippen molar-refractivity contribution < 1.29 is 4.43 Å². The Morgan fingerprint density at radius 2 is 1.07 bits per heavy atom. The van der Waals surface area contributed by atoms with Crippen LogP contribution in [0.1, 0.15) is 93.9 Å². The lowest BCUT2D eigenvalue weighted by molar-refractivity contribution is 0.327. The van der Waals surface area contributed by atoms with E-state index in [9.17, 15) is 0 Å². The number of hydrogen-bond acceptors (Lipinski definition) is 1. The van der Waals surface area contributed by atoms with Crippen LogP contribution >= 0.6 is 0 Å². The Morgan fingerprint density at radius 3 is 1.46 bits per heavy atom. The van der Waals surface area contributed by atoms with Crippen molar-refractivity contribution in [2.75, 3.05) is 6.61 Å². The zero-order chi connectivity index (χ0) is 21.8. The molecule has 0 heterocycles. The van der Waals surface area contributed by atoms with E-state index in [1.54, 1.807) is 0 Å². The van der Waals surface area contributed by atoms with Gasteiger partial charge in [-0.25, -0.2) is 0 Å². The molecule has 28 heavy (non-hydrogen) atoms. The van der Waals surface area contributed by atoms with Crippen molar-refractivity contribution in [2.45, 2.75) is 112 Å². The molecular weight excluding hydrogens is 356 g/mol. The summed E-state index contributed by atoms with van der Waals surface area (Å²) in [6.45, 7) is 23.4. The van der Waals surface area contributed by atoms with Crippen LogP contribution in [-0.2, 0) is 4.43 Å². The minimum absolute atomic E-state index is 0.285. The Labute approximate surface area is 178 Å². The Kier molecular flexibility index (Phi) is 13.0. The van der Waals surface area contributed by atoms with Gasteiger partial charge in [0.05, 0.1) is 6.61 Å². The highest BCUT2D eigenvalue weighted by Crippen LogP contribution is 2.36. The second-order valence-corrected chi connectivity index (χ2v) is 14.9. The van der Waals surface area contributed by atoms with E-state index in [4.69, 9.17) is 4.43 Å². The Morgan fingerprint density at radius 1 is 0.679 bits per heavy atom. The highest BCUT2D eigenvalue weighted by Gasteiger charge is 2.36. The summed E-state index contributed by atoms with van der Waals surface area (Å²) in [7, 11) is -1.62. The lowest BCUT2D eigenvalue weighted by atomic mass is 10.0. The van der Waals surface area contributed by atoms with Crippen LogP contribution < -0.4 is 0 Å². The first-order valence-corrected chi connectivity index (χ1v) is 14.0. The molecule has 0 spiro atoms. The molecule has 0 amide bonds. The van der Waals surface area contributed by atoms with E-state index in [1.165, 1.54) is 41.6 Å². The highest BCUT2D eigenvalue weighted by atomic mass is 28.4. The fraction of sp³-hybridized carbons (Fsp3) is 0.692. The van der Waals surface area contributed by atoms with Crippen LogP contribution in [0.15, 0.2) is 46.6 Å². The second-order valence-electron chi connectivity index (χ2n) is 10.1. The molecule has 0 aliphatic carbocycles. The average molecular weight is 405 g/mol. The molecule has 0 saturated carbocycles. The first-order chi connectivity index (χ1) is 12.8. The molecule has 0 unspecified atom stereocenters. The zero-order valence-electron chi connectivity index (χ0n) is 20.7. The van der Waals surface area contributed by atoms with Gasteiger partial charge >= 0.3 is 0 Å². The van der Waals surface area contributed by atoms with Crippen LogP contribution in [0.5, 0.6) is 0 Å². The van der Waals surface area contributed by atoms with Crippen LogP contribution in [0.3, 0.4) is 0 Å². The van der Waals surface area contributed by atoms with Crippen molar-refractivity contribution >= 4 is 8.32 Å². The Hall–Kier alpha value is -0.863. The molecule has 162 valence electrons. The third-order valence-corrected chi connectivity index (χ3v) is 10.3. The van der Waals surface area contributed by atoms with E-state index in [0.717, 1.165) is 25.9 Å². The van der Waals surface area contributed by atoms with Crippen molar-refractivity contribution in [3.8, 4) is 0 Å². The number of rotatable bonds is 12. The lowest BCUT2D eigenvalue weighted by Gasteiger charge is -2.35. The smallest absolute Gasteiger partial charge is 0.192 e. The number of allylic oxidation sites excluding steroid dienone is 7. The Balaban J connectivity index is 4.18. The summed E-state index contributed by atoms with van der Waals surface area (Å²) in [6.07, 6.45) is 16.4. The third-order valence-electron chi connectivity index (χ3n) is 5.84. The topological polar surface area (TPSA) is 9.23 Å². The molecule has 0 aromatic heterocycles. The maximum atomic E-state index is 6.25. The van der Waals surface area contributed by atoms with Gasteiger partial charge in [-0.15, -0.1) is 0 Å². The van der Waals surface area contributed by atoms with E-state index in [1.807, 2.05) is 0 Å². The van der Waals surface area contributed by atoms with Crippen molar-refractivity contribution in [3.63, 3.8) is 0 Å². The monoisotopic (exact) mass is 404 g/mol. The molecule has 0 N–H and O–H groups in total. The van der Waals surface area contributed by atoms with Gasteiger partial charge in [-0.3, -0.25) is 0 Å². The van der Waals surface area contributed by atoms with Crippen LogP contribution in [0, 0.1) is 0 Å².